The smallest absolute Gasteiger partial charge is 0.227 e. The van der Waals surface area contributed by atoms with Crippen LogP contribution < -0.4 is 0 Å². The maximum atomic E-state index is 12.8. The third-order valence-electron chi connectivity index (χ3n) is 6.76. The topological polar surface area (TPSA) is 47.0 Å². The molecule has 5 nitrogen and oxygen atoms in total. The van der Waals surface area contributed by atoms with E-state index in [4.69, 9.17) is 0 Å². The summed E-state index contributed by atoms with van der Waals surface area (Å²) >= 11 is 0. The number of hydrogen-bond donors (Lipinski definition) is 1. The highest BCUT2D eigenvalue weighted by atomic mass is 16.3. The fraction of sp³-hybridized carbons (Fsp3) is 0.458. The molecule has 3 saturated heterocycles. The third-order valence-corrected chi connectivity index (χ3v) is 6.76. The lowest BCUT2D eigenvalue weighted by atomic mass is 9.83. The molecule has 1 N–H and O–H groups in total. The first-order valence-corrected chi connectivity index (χ1v) is 10.6. The first kappa shape index (κ1) is 18.8. The number of β-amino-alcohol motifs (C(OH)–C–C–N with tert-alkyl or cyclic N) is 1. The van der Waals surface area contributed by atoms with E-state index in [0.717, 1.165) is 51.3 Å². The summed E-state index contributed by atoms with van der Waals surface area (Å²) in [5.41, 5.74) is 2.38. The molecule has 2 atom stereocenters. The number of carbonyl (C=O) groups is 1. The summed E-state index contributed by atoms with van der Waals surface area (Å²) in [4.78, 5) is 19.8. The summed E-state index contributed by atoms with van der Waals surface area (Å²) < 4.78 is 0. The van der Waals surface area contributed by atoms with Gasteiger partial charge in [0.05, 0.1) is 18.1 Å². The summed E-state index contributed by atoms with van der Waals surface area (Å²) in [5, 5.41) is 10.3. The first-order chi connectivity index (χ1) is 14.1. The molecule has 0 radical (unpaired) electrons. The second kappa shape index (κ2) is 7.56. The number of piperazine rings is 1. The summed E-state index contributed by atoms with van der Waals surface area (Å²) in [7, 11) is 0. The number of nitrogens with zero attached hydrogens (tertiary/aromatic N) is 3. The summed E-state index contributed by atoms with van der Waals surface area (Å²) in [6.45, 7) is 5.16. The van der Waals surface area contributed by atoms with Crippen molar-refractivity contribution >= 4 is 5.91 Å². The number of hydrogen-bond acceptors (Lipinski definition) is 4. The molecule has 3 aliphatic heterocycles. The quantitative estimate of drug-likeness (QED) is 0.863. The predicted octanol–water partition coefficient (Wildman–Crippen LogP) is 1.76. The number of amides is 1. The Morgan fingerprint density at radius 2 is 1.59 bits per heavy atom. The molecule has 152 valence electrons. The second-order valence-electron chi connectivity index (χ2n) is 8.99. The van der Waals surface area contributed by atoms with Gasteiger partial charge in [-0.1, -0.05) is 60.7 Å². The number of aliphatic hydroxyl groups excluding tert-OH is 1. The highest BCUT2D eigenvalue weighted by Crippen LogP contribution is 2.39. The average Bonchev–Trinajstić information content (AvgIpc) is 3.07. The Morgan fingerprint density at radius 1 is 0.931 bits per heavy atom. The zero-order valence-corrected chi connectivity index (χ0v) is 16.8. The third kappa shape index (κ3) is 3.70. The van der Waals surface area contributed by atoms with Crippen LogP contribution in [0.25, 0.3) is 0 Å². The van der Waals surface area contributed by atoms with Gasteiger partial charge in [0.2, 0.25) is 5.91 Å². The fourth-order valence-corrected chi connectivity index (χ4v) is 5.48. The minimum atomic E-state index is -0.248. The van der Waals surface area contributed by atoms with Gasteiger partial charge in [-0.3, -0.25) is 14.6 Å². The Labute approximate surface area is 172 Å². The lowest BCUT2D eigenvalue weighted by molar-refractivity contribution is -0.156. The summed E-state index contributed by atoms with van der Waals surface area (Å²) in [6, 6.07) is 21.0. The monoisotopic (exact) mass is 391 g/mol. The van der Waals surface area contributed by atoms with E-state index in [1.807, 2.05) is 35.2 Å². The van der Waals surface area contributed by atoms with Crippen LogP contribution in [-0.4, -0.2) is 76.1 Å². The molecule has 0 aliphatic carbocycles. The lowest BCUT2D eigenvalue weighted by Gasteiger charge is -2.61. The molecule has 1 amide bonds. The van der Waals surface area contributed by atoms with Crippen molar-refractivity contribution in [1.82, 2.24) is 14.7 Å². The van der Waals surface area contributed by atoms with E-state index in [2.05, 4.69) is 40.1 Å². The van der Waals surface area contributed by atoms with Crippen LogP contribution in [0.3, 0.4) is 0 Å². The zero-order valence-electron chi connectivity index (χ0n) is 16.8. The molecule has 2 aromatic carbocycles. The molecule has 0 aromatic heterocycles. The van der Waals surface area contributed by atoms with Gasteiger partial charge >= 0.3 is 0 Å². The molecular weight excluding hydrogens is 362 g/mol. The largest absolute Gasteiger partial charge is 0.392 e. The summed E-state index contributed by atoms with van der Waals surface area (Å²) in [6.07, 6.45) is 1.06. The van der Waals surface area contributed by atoms with E-state index in [-0.39, 0.29) is 17.6 Å². The second-order valence-corrected chi connectivity index (χ2v) is 8.99. The Kier molecular flexibility index (Phi) is 4.90. The van der Waals surface area contributed by atoms with Crippen LogP contribution in [0.4, 0.5) is 0 Å². The van der Waals surface area contributed by atoms with Gasteiger partial charge in [-0.05, 0) is 17.5 Å². The van der Waals surface area contributed by atoms with Crippen LogP contribution in [0.5, 0.6) is 0 Å². The lowest BCUT2D eigenvalue weighted by Crippen LogP contribution is -2.78. The van der Waals surface area contributed by atoms with Crippen LogP contribution in [0, 0.1) is 0 Å². The molecule has 2 unspecified atom stereocenters. The number of aliphatic hydroxyl groups is 1. The molecular formula is C24H29N3O2. The Hall–Kier alpha value is -2.21. The fourth-order valence-electron chi connectivity index (χ4n) is 5.48. The van der Waals surface area contributed by atoms with Crippen molar-refractivity contribution in [3.8, 4) is 0 Å². The van der Waals surface area contributed by atoms with Gasteiger partial charge in [0, 0.05) is 45.3 Å². The van der Waals surface area contributed by atoms with E-state index in [0.29, 0.717) is 12.5 Å². The Bertz CT molecular complexity index is 851. The molecule has 5 rings (SSSR count). The summed E-state index contributed by atoms with van der Waals surface area (Å²) in [5.74, 6) is 0.207. The van der Waals surface area contributed by atoms with Crippen molar-refractivity contribution in [1.29, 1.82) is 0 Å². The predicted molar refractivity (Wildman–Crippen MR) is 112 cm³/mol. The van der Waals surface area contributed by atoms with E-state index in [1.54, 1.807) is 0 Å². The number of benzene rings is 2. The first-order valence-electron chi connectivity index (χ1n) is 10.6. The van der Waals surface area contributed by atoms with Gasteiger partial charge in [0.15, 0.2) is 0 Å². The average molecular weight is 392 g/mol. The molecule has 3 heterocycles. The molecule has 3 aliphatic rings. The molecule has 29 heavy (non-hydrogen) atoms. The van der Waals surface area contributed by atoms with E-state index < -0.39 is 0 Å². The van der Waals surface area contributed by atoms with Crippen LogP contribution in [0.2, 0.25) is 0 Å². The van der Waals surface area contributed by atoms with Gasteiger partial charge in [-0.15, -0.1) is 0 Å². The van der Waals surface area contributed by atoms with Crippen LogP contribution in [0.15, 0.2) is 60.7 Å². The van der Waals surface area contributed by atoms with Crippen molar-refractivity contribution in [3.05, 3.63) is 71.8 Å². The Balaban J connectivity index is 1.28. The highest BCUT2D eigenvalue weighted by molar-refractivity contribution is 5.80. The van der Waals surface area contributed by atoms with Crippen LogP contribution in [-0.2, 0) is 17.8 Å². The molecule has 0 bridgehead atoms. The van der Waals surface area contributed by atoms with Crippen molar-refractivity contribution in [2.45, 2.75) is 37.1 Å². The molecule has 3 fully saturated rings. The molecule has 5 heteroatoms. The number of rotatable bonds is 4. The van der Waals surface area contributed by atoms with E-state index in [9.17, 15) is 9.90 Å². The van der Waals surface area contributed by atoms with E-state index in [1.165, 1.54) is 5.56 Å². The van der Waals surface area contributed by atoms with Gasteiger partial charge in [0.1, 0.15) is 0 Å². The zero-order chi connectivity index (χ0) is 19.8. The van der Waals surface area contributed by atoms with Crippen molar-refractivity contribution < 1.29 is 9.90 Å². The molecule has 0 saturated carbocycles. The molecule has 1 spiro atoms. The minimum absolute atomic E-state index is 0.0124. The van der Waals surface area contributed by atoms with Gasteiger partial charge in [0.25, 0.3) is 0 Å². The van der Waals surface area contributed by atoms with Gasteiger partial charge in [-0.2, -0.15) is 0 Å². The SMILES string of the molecule is O=C(Cc1ccccc1)N1CC2(CN(Cc3ccccc3)CC3CC(O)CN32)C1. The minimum Gasteiger partial charge on any atom is -0.392 e. The van der Waals surface area contributed by atoms with Crippen LogP contribution >= 0.6 is 0 Å². The molecule has 2 aromatic rings. The van der Waals surface area contributed by atoms with Crippen molar-refractivity contribution in [2.24, 2.45) is 0 Å². The number of likely N-dealkylation sites (tertiary alicyclic amines) is 1. The standard InChI is InChI=1S/C24H29N3O2/c28-22-12-21-14-25(13-20-9-5-2-6-10-20)16-24(27(21)15-22)17-26(18-24)23(29)11-19-7-3-1-4-8-19/h1-10,21-22,28H,11-18H2. The number of carbonyl (C=O) groups excluding carboxylic acids is 1. The van der Waals surface area contributed by atoms with E-state index >= 15 is 0 Å². The van der Waals surface area contributed by atoms with Gasteiger partial charge in [-0.25, -0.2) is 0 Å². The Morgan fingerprint density at radius 3 is 2.28 bits per heavy atom. The highest BCUT2D eigenvalue weighted by Gasteiger charge is 2.56. The van der Waals surface area contributed by atoms with Crippen molar-refractivity contribution in [2.75, 3.05) is 32.7 Å². The maximum Gasteiger partial charge on any atom is 0.227 e. The van der Waals surface area contributed by atoms with Gasteiger partial charge < -0.3 is 10.0 Å². The maximum absolute atomic E-state index is 12.8. The van der Waals surface area contributed by atoms with Crippen LogP contribution in [0.1, 0.15) is 17.5 Å². The number of fused-ring (bicyclic) bond motifs is 2. The van der Waals surface area contributed by atoms with Crippen molar-refractivity contribution in [3.63, 3.8) is 0 Å². The normalized spacial score (nSPS) is 26.3.